The zero-order valence-corrected chi connectivity index (χ0v) is 10.5. The first-order valence-corrected chi connectivity index (χ1v) is 6.03. The van der Waals surface area contributed by atoms with Gasteiger partial charge in [0.25, 0.3) is 5.91 Å². The van der Waals surface area contributed by atoms with E-state index in [1.165, 1.54) is 12.1 Å². The highest BCUT2D eigenvalue weighted by atomic mass is 35.5. The van der Waals surface area contributed by atoms with E-state index in [1.807, 2.05) is 6.92 Å². The standard InChI is InChI=1S/C10H9ClN4OS/c1-6-4-12-9(17-6)5-13-10(16)7-2-3-8(11)15-14-7/h2-4H,5H2,1H3,(H,13,16). The Bertz CT molecular complexity index is 525. The average Bonchev–Trinajstić information content (AvgIpc) is 2.73. The summed E-state index contributed by atoms with van der Waals surface area (Å²) in [5.41, 5.74) is 0.239. The Labute approximate surface area is 107 Å². The van der Waals surface area contributed by atoms with Crippen molar-refractivity contribution in [3.05, 3.63) is 39.1 Å². The molecule has 0 bridgehead atoms. The molecule has 2 heterocycles. The third-order valence-electron chi connectivity index (χ3n) is 1.93. The largest absolute Gasteiger partial charge is 0.344 e. The maximum Gasteiger partial charge on any atom is 0.272 e. The van der Waals surface area contributed by atoms with Crippen molar-refractivity contribution in [3.8, 4) is 0 Å². The summed E-state index contributed by atoms with van der Waals surface area (Å²) in [6.45, 7) is 2.36. The number of nitrogens with one attached hydrogen (secondary N) is 1. The molecule has 2 aromatic heterocycles. The van der Waals surface area contributed by atoms with Gasteiger partial charge in [-0.1, -0.05) is 11.6 Å². The maximum absolute atomic E-state index is 11.7. The third kappa shape index (κ3) is 3.21. The molecule has 0 radical (unpaired) electrons. The summed E-state index contributed by atoms with van der Waals surface area (Å²) >= 11 is 7.12. The predicted molar refractivity (Wildman–Crippen MR) is 65.1 cm³/mol. The first kappa shape index (κ1) is 11.9. The second-order valence-corrected chi connectivity index (χ2v) is 5.00. The number of carbonyl (C=O) groups is 1. The number of aryl methyl sites for hydroxylation is 1. The van der Waals surface area contributed by atoms with Crippen LogP contribution in [0.1, 0.15) is 20.4 Å². The topological polar surface area (TPSA) is 67.8 Å². The van der Waals surface area contributed by atoms with Crippen molar-refractivity contribution in [2.24, 2.45) is 0 Å². The molecule has 1 N–H and O–H groups in total. The van der Waals surface area contributed by atoms with Crippen LogP contribution >= 0.6 is 22.9 Å². The third-order valence-corrected chi connectivity index (χ3v) is 3.05. The van der Waals surface area contributed by atoms with Crippen LogP contribution in [0.2, 0.25) is 5.15 Å². The predicted octanol–water partition coefficient (Wildman–Crippen LogP) is 1.82. The van der Waals surface area contributed by atoms with Gasteiger partial charge in [0.1, 0.15) is 5.01 Å². The Hall–Kier alpha value is -1.53. The summed E-state index contributed by atoms with van der Waals surface area (Å²) in [5, 5.41) is 11.1. The molecule has 0 aromatic carbocycles. The molecular weight excluding hydrogens is 260 g/mol. The lowest BCUT2D eigenvalue weighted by Gasteiger charge is -2.01. The highest BCUT2D eigenvalue weighted by Gasteiger charge is 2.08. The van der Waals surface area contributed by atoms with Gasteiger partial charge in [-0.2, -0.15) is 0 Å². The van der Waals surface area contributed by atoms with E-state index in [2.05, 4.69) is 20.5 Å². The van der Waals surface area contributed by atoms with Crippen LogP contribution < -0.4 is 5.32 Å². The van der Waals surface area contributed by atoms with Gasteiger partial charge in [0.15, 0.2) is 10.8 Å². The van der Waals surface area contributed by atoms with E-state index < -0.39 is 0 Å². The summed E-state index contributed by atoms with van der Waals surface area (Å²) < 4.78 is 0. The lowest BCUT2D eigenvalue weighted by molar-refractivity contribution is 0.0945. The van der Waals surface area contributed by atoms with Gasteiger partial charge in [-0.15, -0.1) is 21.5 Å². The fraction of sp³-hybridized carbons (Fsp3) is 0.200. The van der Waals surface area contributed by atoms with Crippen molar-refractivity contribution >= 4 is 28.8 Å². The average molecular weight is 269 g/mol. The molecule has 0 atom stereocenters. The monoisotopic (exact) mass is 268 g/mol. The molecular formula is C10H9ClN4OS. The highest BCUT2D eigenvalue weighted by Crippen LogP contribution is 2.10. The summed E-state index contributed by atoms with van der Waals surface area (Å²) in [4.78, 5) is 16.9. The van der Waals surface area contributed by atoms with Crippen LogP contribution in [0.3, 0.4) is 0 Å². The lowest BCUT2D eigenvalue weighted by Crippen LogP contribution is -2.23. The van der Waals surface area contributed by atoms with Crippen LogP contribution in [0, 0.1) is 6.92 Å². The Morgan fingerprint density at radius 1 is 1.47 bits per heavy atom. The molecule has 7 heteroatoms. The number of rotatable bonds is 3. The SMILES string of the molecule is Cc1cnc(CNC(=O)c2ccc(Cl)nn2)s1. The van der Waals surface area contributed by atoms with Gasteiger partial charge < -0.3 is 5.32 Å². The number of thiazole rings is 1. The molecule has 0 saturated heterocycles. The number of hydrogen-bond acceptors (Lipinski definition) is 5. The number of halogens is 1. The van der Waals surface area contributed by atoms with Crippen molar-refractivity contribution in [1.29, 1.82) is 0 Å². The highest BCUT2D eigenvalue weighted by molar-refractivity contribution is 7.11. The second-order valence-electron chi connectivity index (χ2n) is 3.29. The molecule has 0 spiro atoms. The van der Waals surface area contributed by atoms with Crippen LogP contribution in [0.4, 0.5) is 0 Å². The molecule has 88 valence electrons. The van der Waals surface area contributed by atoms with E-state index >= 15 is 0 Å². The van der Waals surface area contributed by atoms with E-state index in [9.17, 15) is 4.79 Å². The Morgan fingerprint density at radius 2 is 2.29 bits per heavy atom. The van der Waals surface area contributed by atoms with Crippen LogP contribution in [-0.2, 0) is 6.54 Å². The zero-order valence-electron chi connectivity index (χ0n) is 8.98. The number of nitrogens with zero attached hydrogens (tertiary/aromatic N) is 3. The Morgan fingerprint density at radius 3 is 2.88 bits per heavy atom. The van der Waals surface area contributed by atoms with E-state index in [1.54, 1.807) is 17.5 Å². The van der Waals surface area contributed by atoms with Crippen LogP contribution in [0.25, 0.3) is 0 Å². The fourth-order valence-electron chi connectivity index (χ4n) is 1.17. The second kappa shape index (κ2) is 5.20. The van der Waals surface area contributed by atoms with Crippen molar-refractivity contribution in [2.45, 2.75) is 13.5 Å². The quantitative estimate of drug-likeness (QED) is 0.922. The molecule has 17 heavy (non-hydrogen) atoms. The van der Waals surface area contributed by atoms with Gasteiger partial charge in [-0.3, -0.25) is 4.79 Å². The van der Waals surface area contributed by atoms with Crippen molar-refractivity contribution in [2.75, 3.05) is 0 Å². The van der Waals surface area contributed by atoms with Crippen LogP contribution in [-0.4, -0.2) is 21.1 Å². The smallest absolute Gasteiger partial charge is 0.272 e. The van der Waals surface area contributed by atoms with Crippen LogP contribution in [0.5, 0.6) is 0 Å². The molecule has 0 aliphatic rings. The van der Waals surface area contributed by atoms with Gasteiger partial charge in [0, 0.05) is 11.1 Å². The minimum absolute atomic E-state index is 0.239. The minimum atomic E-state index is -0.290. The summed E-state index contributed by atoms with van der Waals surface area (Å²) in [6.07, 6.45) is 1.77. The number of carbonyl (C=O) groups excluding carboxylic acids is 1. The first-order chi connectivity index (χ1) is 8.15. The first-order valence-electron chi connectivity index (χ1n) is 4.84. The lowest BCUT2D eigenvalue weighted by atomic mass is 10.4. The van der Waals surface area contributed by atoms with Crippen LogP contribution in [0.15, 0.2) is 18.3 Å². The van der Waals surface area contributed by atoms with Gasteiger partial charge in [0.2, 0.25) is 0 Å². The molecule has 5 nitrogen and oxygen atoms in total. The number of hydrogen-bond donors (Lipinski definition) is 1. The molecule has 0 aliphatic heterocycles. The molecule has 2 aromatic rings. The van der Waals surface area contributed by atoms with Crippen molar-refractivity contribution in [3.63, 3.8) is 0 Å². The van der Waals surface area contributed by atoms with E-state index in [0.29, 0.717) is 6.54 Å². The molecule has 0 fully saturated rings. The van der Waals surface area contributed by atoms with Crippen molar-refractivity contribution < 1.29 is 4.79 Å². The number of amides is 1. The van der Waals surface area contributed by atoms with Gasteiger partial charge in [-0.25, -0.2) is 4.98 Å². The molecule has 0 saturated carbocycles. The summed E-state index contributed by atoms with van der Waals surface area (Å²) in [5.74, 6) is -0.290. The van der Waals surface area contributed by atoms with Crippen molar-refractivity contribution in [1.82, 2.24) is 20.5 Å². The Balaban J connectivity index is 1.95. The normalized spacial score (nSPS) is 10.2. The van der Waals surface area contributed by atoms with E-state index in [0.717, 1.165) is 9.88 Å². The number of aromatic nitrogens is 3. The van der Waals surface area contributed by atoms with Gasteiger partial charge >= 0.3 is 0 Å². The zero-order chi connectivity index (χ0) is 12.3. The van der Waals surface area contributed by atoms with Gasteiger partial charge in [0.05, 0.1) is 6.54 Å². The minimum Gasteiger partial charge on any atom is -0.344 e. The molecule has 1 amide bonds. The molecule has 2 rings (SSSR count). The summed E-state index contributed by atoms with van der Waals surface area (Å²) in [6, 6.07) is 3.05. The maximum atomic E-state index is 11.7. The summed E-state index contributed by atoms with van der Waals surface area (Å²) in [7, 11) is 0. The molecule has 0 aliphatic carbocycles. The van der Waals surface area contributed by atoms with Gasteiger partial charge in [-0.05, 0) is 19.1 Å². The van der Waals surface area contributed by atoms with E-state index in [4.69, 9.17) is 11.6 Å². The van der Waals surface area contributed by atoms with E-state index in [-0.39, 0.29) is 16.8 Å². The Kier molecular flexibility index (Phi) is 3.65. The molecule has 0 unspecified atom stereocenters. The fourth-order valence-corrected chi connectivity index (χ4v) is 1.99.